The van der Waals surface area contributed by atoms with E-state index in [0.29, 0.717) is 11.4 Å². The molecule has 310 valence electrons. The van der Waals surface area contributed by atoms with E-state index in [4.69, 9.17) is 14.4 Å². The molecular weight excluding hydrogens is 783 g/mol. The Labute approximate surface area is 373 Å². The van der Waals surface area contributed by atoms with Crippen molar-refractivity contribution in [3.05, 3.63) is 205 Å². The van der Waals surface area contributed by atoms with Crippen molar-refractivity contribution in [2.45, 2.75) is 45.4 Å². The highest BCUT2D eigenvalue weighted by Crippen LogP contribution is 2.45. The van der Waals surface area contributed by atoms with Gasteiger partial charge in [-0.2, -0.15) is 0 Å². The first kappa shape index (κ1) is 39.1. The number of hydrogen-bond donors (Lipinski definition) is 1. The summed E-state index contributed by atoms with van der Waals surface area (Å²) in [4.78, 5) is 10.7. The number of fused-ring (bicyclic) bond motifs is 6. The molecule has 1 N–H and O–H groups in total. The second kappa shape index (κ2) is 15.0. The van der Waals surface area contributed by atoms with Gasteiger partial charge in [0.15, 0.2) is 0 Å². The Hall–Kier alpha value is -7.76. The molecule has 0 fully saturated rings. The minimum absolute atomic E-state index is 0.0714. The molecular formula is C59H47N3O2. The number of furan rings is 1. The smallest absolute Gasteiger partial charge is 0.149 e. The fourth-order valence-electron chi connectivity index (χ4n) is 9.47. The predicted octanol–water partition coefficient (Wildman–Crippen LogP) is 15.5. The first-order valence-corrected chi connectivity index (χ1v) is 22.0. The maximum Gasteiger partial charge on any atom is 0.149 e. The van der Waals surface area contributed by atoms with Gasteiger partial charge in [-0.3, -0.25) is 9.55 Å². The van der Waals surface area contributed by atoms with Crippen LogP contribution in [0.25, 0.3) is 94.3 Å². The number of hydrogen-bond acceptors (Lipinski definition) is 4. The van der Waals surface area contributed by atoms with Crippen molar-refractivity contribution in [1.29, 1.82) is 0 Å². The zero-order valence-corrected chi connectivity index (χ0v) is 36.6. The highest BCUT2D eigenvalue weighted by Gasteiger charge is 2.28. The third-order valence-electron chi connectivity index (χ3n) is 13.0. The van der Waals surface area contributed by atoms with Crippen molar-refractivity contribution in [3.8, 4) is 56.3 Å². The molecule has 0 aliphatic heterocycles. The molecule has 0 spiro atoms. The first-order chi connectivity index (χ1) is 31.0. The van der Waals surface area contributed by atoms with Crippen molar-refractivity contribution < 1.29 is 9.52 Å². The van der Waals surface area contributed by atoms with E-state index in [1.54, 1.807) is 6.07 Å². The van der Waals surface area contributed by atoms with E-state index in [9.17, 15) is 5.11 Å². The van der Waals surface area contributed by atoms with Gasteiger partial charge in [0.2, 0.25) is 0 Å². The summed E-state index contributed by atoms with van der Waals surface area (Å²) in [5, 5.41) is 15.9. The summed E-state index contributed by atoms with van der Waals surface area (Å²) in [5.41, 5.74) is 14.2. The van der Waals surface area contributed by atoms with Gasteiger partial charge in [0.25, 0.3) is 0 Å². The molecule has 0 atom stereocenters. The van der Waals surface area contributed by atoms with Crippen LogP contribution >= 0.6 is 0 Å². The molecule has 5 nitrogen and oxygen atoms in total. The third kappa shape index (κ3) is 6.46. The zero-order valence-electron chi connectivity index (χ0n) is 36.6. The lowest BCUT2D eigenvalue weighted by Crippen LogP contribution is -2.19. The lowest BCUT2D eigenvalue weighted by atomic mass is 9.76. The van der Waals surface area contributed by atoms with Crippen LogP contribution in [0.1, 0.15) is 51.3 Å². The molecule has 64 heavy (non-hydrogen) atoms. The predicted molar refractivity (Wildman–Crippen MR) is 264 cm³/mol. The molecule has 0 aliphatic carbocycles. The summed E-state index contributed by atoms with van der Waals surface area (Å²) in [5.74, 6) is 0.825. The van der Waals surface area contributed by atoms with Crippen molar-refractivity contribution >= 4 is 43.7 Å². The van der Waals surface area contributed by atoms with Crippen molar-refractivity contribution in [2.24, 2.45) is 0 Å². The Morgan fingerprint density at radius 3 is 2.02 bits per heavy atom. The maximum absolute atomic E-state index is 11.5. The van der Waals surface area contributed by atoms with Gasteiger partial charge < -0.3 is 9.52 Å². The van der Waals surface area contributed by atoms with Gasteiger partial charge in [0.05, 0.1) is 33.4 Å². The van der Waals surface area contributed by atoms with E-state index in [1.807, 2.05) is 30.5 Å². The molecule has 0 unspecified atom stereocenters. The summed E-state index contributed by atoms with van der Waals surface area (Å²) in [6.07, 6.45) is 1.85. The minimum atomic E-state index is -0.376. The Bertz CT molecular complexity index is 3570. The van der Waals surface area contributed by atoms with Crippen LogP contribution < -0.4 is 0 Å². The molecule has 3 aromatic heterocycles. The maximum atomic E-state index is 11.5. The second-order valence-corrected chi connectivity index (χ2v) is 18.4. The molecule has 0 radical (unpaired) electrons. The minimum Gasteiger partial charge on any atom is -0.507 e. The molecule has 0 bridgehead atoms. The number of nitrogens with zero attached hydrogens (tertiary/aromatic N) is 3. The lowest BCUT2D eigenvalue weighted by Gasteiger charge is -2.27. The van der Waals surface area contributed by atoms with Crippen LogP contribution in [0.3, 0.4) is 0 Å². The lowest BCUT2D eigenvalue weighted by molar-refractivity contribution is 0.477. The van der Waals surface area contributed by atoms with Gasteiger partial charge >= 0.3 is 0 Å². The molecule has 0 saturated carbocycles. The van der Waals surface area contributed by atoms with Crippen LogP contribution in [-0.4, -0.2) is 19.6 Å². The second-order valence-electron chi connectivity index (χ2n) is 18.4. The topological polar surface area (TPSA) is 64.1 Å². The Balaban J connectivity index is 1.21. The fourth-order valence-corrected chi connectivity index (χ4v) is 9.47. The summed E-state index contributed by atoms with van der Waals surface area (Å²) in [6.45, 7) is 11.3. The van der Waals surface area contributed by atoms with Crippen LogP contribution in [0.15, 0.2) is 193 Å². The number of pyridine rings is 1. The van der Waals surface area contributed by atoms with Gasteiger partial charge in [-0.25, -0.2) is 4.98 Å². The van der Waals surface area contributed by atoms with Gasteiger partial charge in [-0.15, -0.1) is 0 Å². The van der Waals surface area contributed by atoms with Crippen LogP contribution in [0.5, 0.6) is 5.75 Å². The summed E-state index contributed by atoms with van der Waals surface area (Å²) in [6, 6.07) is 63.5. The number of aromatic nitrogens is 3. The fraction of sp³-hybridized carbons (Fsp3) is 0.119. The number of phenolic OH excluding ortho intramolecular Hbond substituents is 1. The molecule has 0 amide bonds. The van der Waals surface area contributed by atoms with Gasteiger partial charge in [0.1, 0.15) is 22.7 Å². The van der Waals surface area contributed by atoms with Crippen LogP contribution in [0.2, 0.25) is 0 Å². The molecule has 0 aliphatic rings. The first-order valence-electron chi connectivity index (χ1n) is 22.0. The average molecular weight is 830 g/mol. The normalized spacial score (nSPS) is 12.2. The summed E-state index contributed by atoms with van der Waals surface area (Å²) < 4.78 is 8.79. The van der Waals surface area contributed by atoms with Crippen LogP contribution in [-0.2, 0) is 10.8 Å². The number of rotatable bonds is 7. The highest BCUT2D eigenvalue weighted by molar-refractivity contribution is 6.22. The molecule has 8 aromatic carbocycles. The Morgan fingerprint density at radius 1 is 0.516 bits per heavy atom. The number of phenols is 1. The number of aromatic hydroxyl groups is 1. The monoisotopic (exact) mass is 829 g/mol. The van der Waals surface area contributed by atoms with E-state index < -0.39 is 0 Å². The number of para-hydroxylation sites is 2. The highest BCUT2D eigenvalue weighted by atomic mass is 16.3. The summed E-state index contributed by atoms with van der Waals surface area (Å²) in [7, 11) is 0. The van der Waals surface area contributed by atoms with Crippen molar-refractivity contribution in [1.82, 2.24) is 14.5 Å². The Kier molecular flexibility index (Phi) is 9.14. The molecule has 0 saturated heterocycles. The third-order valence-corrected chi connectivity index (χ3v) is 13.0. The number of imidazole rings is 1. The van der Waals surface area contributed by atoms with E-state index >= 15 is 0 Å². The van der Waals surface area contributed by atoms with Gasteiger partial charge in [-0.05, 0) is 98.6 Å². The zero-order chi connectivity index (χ0) is 43.7. The molecule has 11 rings (SSSR count). The van der Waals surface area contributed by atoms with Crippen molar-refractivity contribution in [3.63, 3.8) is 0 Å². The van der Waals surface area contributed by atoms with E-state index in [2.05, 4.69) is 191 Å². The van der Waals surface area contributed by atoms with E-state index in [1.165, 1.54) is 11.1 Å². The molecule has 5 heteroatoms. The Morgan fingerprint density at radius 2 is 1.22 bits per heavy atom. The SMILES string of the molecule is CC(C)(C)c1ccc(-n2c(-c3ccccc3O)nc3c(-c4cc(-c5nccc6oc7ccc8ccccc8c7c56)cc(C(C)(C)c5ccccc5)c4)cccc32)c(-c2ccccc2)c1. The van der Waals surface area contributed by atoms with E-state index in [0.717, 1.165) is 88.5 Å². The van der Waals surface area contributed by atoms with Gasteiger partial charge in [-0.1, -0.05) is 162 Å². The molecule has 11 aromatic rings. The summed E-state index contributed by atoms with van der Waals surface area (Å²) >= 11 is 0. The van der Waals surface area contributed by atoms with Gasteiger partial charge in [0, 0.05) is 33.7 Å². The molecule has 3 heterocycles. The quantitative estimate of drug-likeness (QED) is 0.174. The average Bonchev–Trinajstić information content (AvgIpc) is 3.91. The largest absolute Gasteiger partial charge is 0.507 e. The standard InChI is InChI=1S/C59H47N3O2/c1-58(2,3)42-28-29-48(47(36-42)37-17-8-6-9-18-37)62-49-25-16-24-45(56(49)61-57(62)46-23-14-15-26-50(46)63)39-33-40(35-43(34-39)59(4,5)41-20-10-7-11-21-41)55-54-52(31-32-60-55)64-51-30-27-38-19-12-13-22-44(38)53(51)54/h6-36,63H,1-5H3. The van der Waals surface area contributed by atoms with Crippen LogP contribution in [0, 0.1) is 0 Å². The van der Waals surface area contributed by atoms with E-state index in [-0.39, 0.29) is 16.6 Å². The van der Waals surface area contributed by atoms with Crippen LogP contribution in [0.4, 0.5) is 0 Å². The van der Waals surface area contributed by atoms with Crippen molar-refractivity contribution in [2.75, 3.05) is 0 Å². The number of benzene rings is 8.